The third-order valence-electron chi connectivity index (χ3n) is 2.13. The molecule has 7 heteroatoms. The SMILES string of the molecule is COc1cc(N)ccc1C(=O)OCCS(C)(=O)=O. The van der Waals surface area contributed by atoms with Gasteiger partial charge in [-0.1, -0.05) is 0 Å². The summed E-state index contributed by atoms with van der Waals surface area (Å²) in [7, 11) is -1.75. The van der Waals surface area contributed by atoms with Crippen LogP contribution in [0.25, 0.3) is 0 Å². The Bertz CT molecular complexity index is 538. The topological polar surface area (TPSA) is 95.7 Å². The molecule has 0 aliphatic carbocycles. The normalized spacial score (nSPS) is 11.0. The van der Waals surface area contributed by atoms with Crippen LogP contribution in [0.1, 0.15) is 10.4 Å². The van der Waals surface area contributed by atoms with Gasteiger partial charge in [0, 0.05) is 18.0 Å². The van der Waals surface area contributed by atoms with Crippen molar-refractivity contribution in [3.8, 4) is 5.75 Å². The summed E-state index contributed by atoms with van der Waals surface area (Å²) in [6, 6.07) is 4.50. The molecular weight excluding hydrogens is 258 g/mol. The zero-order valence-electron chi connectivity index (χ0n) is 10.2. The molecule has 0 saturated heterocycles. The molecular formula is C11H15NO5S. The fourth-order valence-corrected chi connectivity index (χ4v) is 1.63. The highest BCUT2D eigenvalue weighted by atomic mass is 32.2. The molecule has 0 fully saturated rings. The molecule has 18 heavy (non-hydrogen) atoms. The Labute approximate surface area is 106 Å². The first-order chi connectivity index (χ1) is 8.33. The van der Waals surface area contributed by atoms with Gasteiger partial charge < -0.3 is 15.2 Å². The average molecular weight is 273 g/mol. The van der Waals surface area contributed by atoms with Crippen molar-refractivity contribution in [2.45, 2.75) is 0 Å². The van der Waals surface area contributed by atoms with Crippen LogP contribution < -0.4 is 10.5 Å². The van der Waals surface area contributed by atoms with Gasteiger partial charge in [-0.25, -0.2) is 13.2 Å². The smallest absolute Gasteiger partial charge is 0.341 e. The van der Waals surface area contributed by atoms with E-state index in [1.807, 2.05) is 0 Å². The third kappa shape index (κ3) is 4.25. The van der Waals surface area contributed by atoms with Crippen molar-refractivity contribution in [1.82, 2.24) is 0 Å². The van der Waals surface area contributed by atoms with Gasteiger partial charge in [0.2, 0.25) is 0 Å². The number of sulfone groups is 1. The lowest BCUT2D eigenvalue weighted by atomic mass is 10.2. The predicted molar refractivity (Wildman–Crippen MR) is 67.4 cm³/mol. The number of nitrogens with two attached hydrogens (primary N) is 1. The lowest BCUT2D eigenvalue weighted by molar-refractivity contribution is 0.0526. The molecule has 0 saturated carbocycles. The number of benzene rings is 1. The first-order valence-corrected chi connectivity index (χ1v) is 7.18. The van der Waals surface area contributed by atoms with Crippen LogP contribution in [0.3, 0.4) is 0 Å². The van der Waals surface area contributed by atoms with E-state index in [0.717, 1.165) is 6.26 Å². The monoisotopic (exact) mass is 273 g/mol. The summed E-state index contributed by atoms with van der Waals surface area (Å²) >= 11 is 0. The average Bonchev–Trinajstić information content (AvgIpc) is 2.26. The van der Waals surface area contributed by atoms with Crippen molar-refractivity contribution in [3.63, 3.8) is 0 Å². The highest BCUT2D eigenvalue weighted by Crippen LogP contribution is 2.22. The van der Waals surface area contributed by atoms with Gasteiger partial charge in [-0.3, -0.25) is 0 Å². The van der Waals surface area contributed by atoms with Crippen LogP contribution in [0, 0.1) is 0 Å². The second-order valence-electron chi connectivity index (χ2n) is 3.73. The molecule has 0 aliphatic heterocycles. The number of ether oxygens (including phenoxy) is 2. The number of hydrogen-bond acceptors (Lipinski definition) is 6. The number of carbonyl (C=O) groups excluding carboxylic acids is 1. The van der Waals surface area contributed by atoms with Crippen LogP contribution in [0.4, 0.5) is 5.69 Å². The van der Waals surface area contributed by atoms with Crippen LogP contribution in [0.15, 0.2) is 18.2 Å². The van der Waals surface area contributed by atoms with Crippen molar-refractivity contribution in [1.29, 1.82) is 0 Å². The molecule has 0 amide bonds. The van der Waals surface area contributed by atoms with Gasteiger partial charge in [0.25, 0.3) is 0 Å². The van der Waals surface area contributed by atoms with Gasteiger partial charge in [-0.05, 0) is 12.1 Å². The van der Waals surface area contributed by atoms with Crippen LogP contribution in [-0.2, 0) is 14.6 Å². The van der Waals surface area contributed by atoms with E-state index in [4.69, 9.17) is 15.2 Å². The zero-order valence-corrected chi connectivity index (χ0v) is 11.0. The molecule has 0 bridgehead atoms. The van der Waals surface area contributed by atoms with E-state index in [1.165, 1.54) is 25.3 Å². The summed E-state index contributed by atoms with van der Waals surface area (Å²) in [5.41, 5.74) is 6.22. The van der Waals surface area contributed by atoms with Crippen LogP contribution >= 0.6 is 0 Å². The van der Waals surface area contributed by atoms with E-state index in [2.05, 4.69) is 0 Å². The zero-order chi connectivity index (χ0) is 13.8. The number of rotatable bonds is 5. The summed E-state index contributed by atoms with van der Waals surface area (Å²) in [4.78, 5) is 11.7. The minimum atomic E-state index is -3.15. The molecule has 100 valence electrons. The first kappa shape index (κ1) is 14.3. The van der Waals surface area contributed by atoms with Gasteiger partial charge in [0.15, 0.2) is 9.84 Å². The Kier molecular flexibility index (Phi) is 4.55. The fourth-order valence-electron chi connectivity index (χ4n) is 1.24. The minimum absolute atomic E-state index is 0.189. The number of hydrogen-bond donors (Lipinski definition) is 1. The molecule has 0 radical (unpaired) electrons. The van der Waals surface area contributed by atoms with Crippen molar-refractivity contribution in [2.75, 3.05) is 31.5 Å². The summed E-state index contributed by atoms with van der Waals surface area (Å²) in [5, 5.41) is 0. The second kappa shape index (κ2) is 5.72. The molecule has 1 aromatic carbocycles. The Morgan fingerprint density at radius 1 is 1.39 bits per heavy atom. The van der Waals surface area contributed by atoms with Gasteiger partial charge in [-0.2, -0.15) is 0 Å². The molecule has 6 nitrogen and oxygen atoms in total. The van der Waals surface area contributed by atoms with E-state index in [-0.39, 0.29) is 17.9 Å². The van der Waals surface area contributed by atoms with Gasteiger partial charge in [0.1, 0.15) is 17.9 Å². The van der Waals surface area contributed by atoms with Gasteiger partial charge in [0.05, 0.1) is 12.9 Å². The van der Waals surface area contributed by atoms with Crippen LogP contribution in [0.5, 0.6) is 5.75 Å². The molecule has 1 aromatic rings. The molecule has 1 rings (SSSR count). The molecule has 0 unspecified atom stereocenters. The van der Waals surface area contributed by atoms with E-state index in [0.29, 0.717) is 11.4 Å². The fraction of sp³-hybridized carbons (Fsp3) is 0.364. The van der Waals surface area contributed by atoms with Gasteiger partial charge in [-0.15, -0.1) is 0 Å². The third-order valence-corrected chi connectivity index (χ3v) is 3.04. The van der Waals surface area contributed by atoms with Crippen molar-refractivity contribution in [3.05, 3.63) is 23.8 Å². The standard InChI is InChI=1S/C11H15NO5S/c1-16-10-7-8(12)3-4-9(10)11(13)17-5-6-18(2,14)15/h3-4,7H,5-6,12H2,1-2H3. The minimum Gasteiger partial charge on any atom is -0.496 e. The maximum atomic E-state index is 11.7. The number of anilines is 1. The molecule has 0 heterocycles. The predicted octanol–water partition coefficient (Wildman–Crippen LogP) is 0.479. The lowest BCUT2D eigenvalue weighted by Gasteiger charge is -2.09. The maximum absolute atomic E-state index is 11.7. The van der Waals surface area contributed by atoms with Crippen LogP contribution in [0.2, 0.25) is 0 Å². The molecule has 0 aromatic heterocycles. The highest BCUT2D eigenvalue weighted by molar-refractivity contribution is 7.90. The Balaban J connectivity index is 2.73. The van der Waals surface area contributed by atoms with Crippen LogP contribution in [-0.4, -0.2) is 40.1 Å². The number of carbonyl (C=O) groups is 1. The molecule has 0 aliphatic rings. The van der Waals surface area contributed by atoms with E-state index in [9.17, 15) is 13.2 Å². The largest absolute Gasteiger partial charge is 0.496 e. The van der Waals surface area contributed by atoms with Crippen molar-refractivity contribution in [2.24, 2.45) is 0 Å². The summed E-state index contributed by atoms with van der Waals surface area (Å²) in [6.07, 6.45) is 1.07. The number of methoxy groups -OCH3 is 1. The Morgan fingerprint density at radius 3 is 2.61 bits per heavy atom. The molecule has 0 atom stereocenters. The highest BCUT2D eigenvalue weighted by Gasteiger charge is 2.14. The van der Waals surface area contributed by atoms with E-state index < -0.39 is 15.8 Å². The quantitative estimate of drug-likeness (QED) is 0.619. The lowest BCUT2D eigenvalue weighted by Crippen LogP contribution is -2.15. The Morgan fingerprint density at radius 2 is 2.06 bits per heavy atom. The van der Waals surface area contributed by atoms with Gasteiger partial charge >= 0.3 is 5.97 Å². The van der Waals surface area contributed by atoms with E-state index >= 15 is 0 Å². The summed E-state index contributed by atoms with van der Waals surface area (Å²) < 4.78 is 31.6. The van der Waals surface area contributed by atoms with Crippen molar-refractivity contribution >= 4 is 21.5 Å². The Hall–Kier alpha value is -1.76. The summed E-state index contributed by atoms with van der Waals surface area (Å²) in [6.45, 7) is -0.189. The van der Waals surface area contributed by atoms with E-state index in [1.54, 1.807) is 0 Å². The number of nitrogen functional groups attached to an aromatic ring is 1. The summed E-state index contributed by atoms with van der Waals surface area (Å²) in [5.74, 6) is -0.564. The van der Waals surface area contributed by atoms with Crippen molar-refractivity contribution < 1.29 is 22.7 Å². The maximum Gasteiger partial charge on any atom is 0.341 e. The first-order valence-electron chi connectivity index (χ1n) is 5.12. The second-order valence-corrected chi connectivity index (χ2v) is 5.99. The number of esters is 1. The molecule has 2 N–H and O–H groups in total. The molecule has 0 spiro atoms.